The van der Waals surface area contributed by atoms with E-state index in [1.807, 2.05) is 0 Å². The number of rotatable bonds is 6. The summed E-state index contributed by atoms with van der Waals surface area (Å²) in [6.07, 6.45) is 5.00. The molecule has 2 N–H and O–H groups in total. The molecule has 1 amide bonds. The molecule has 0 unspecified atom stereocenters. The van der Waals surface area contributed by atoms with Gasteiger partial charge in [-0.3, -0.25) is 4.79 Å². The zero-order valence-corrected chi connectivity index (χ0v) is 14.4. The largest absolute Gasteiger partial charge is 0.493 e. The average Bonchev–Trinajstić information content (AvgIpc) is 2.60. The van der Waals surface area contributed by atoms with E-state index in [1.54, 1.807) is 0 Å². The lowest BCUT2D eigenvalue weighted by Gasteiger charge is -2.27. The van der Waals surface area contributed by atoms with Crippen molar-refractivity contribution in [2.24, 2.45) is 11.8 Å². The normalized spacial score (nSPS) is 20.3. The second kappa shape index (κ2) is 8.04. The van der Waals surface area contributed by atoms with Crippen LogP contribution < -0.4 is 14.8 Å². The molecule has 1 aliphatic rings. The van der Waals surface area contributed by atoms with Gasteiger partial charge in [-0.15, -0.1) is 0 Å². The summed E-state index contributed by atoms with van der Waals surface area (Å²) in [5.74, 6) is 0.0961. The maximum Gasteiger partial charge on any atom is 0.335 e. The van der Waals surface area contributed by atoms with E-state index in [4.69, 9.17) is 9.47 Å². The van der Waals surface area contributed by atoms with Crippen LogP contribution in [0.4, 0.5) is 5.69 Å². The Morgan fingerprint density at radius 1 is 1.17 bits per heavy atom. The molecule has 0 bridgehead atoms. The molecule has 0 atom stereocenters. The molecule has 1 saturated carbocycles. The predicted molar refractivity (Wildman–Crippen MR) is 90.9 cm³/mol. The summed E-state index contributed by atoms with van der Waals surface area (Å²) in [7, 11) is 2.89. The number of ether oxygens (including phenoxy) is 2. The van der Waals surface area contributed by atoms with Crippen molar-refractivity contribution in [2.75, 3.05) is 19.5 Å². The number of nitrogens with one attached hydrogen (secondary N) is 1. The van der Waals surface area contributed by atoms with Gasteiger partial charge in [-0.25, -0.2) is 4.79 Å². The van der Waals surface area contributed by atoms with Gasteiger partial charge in [0.1, 0.15) is 0 Å². The van der Waals surface area contributed by atoms with Gasteiger partial charge in [0, 0.05) is 5.92 Å². The number of anilines is 1. The molecular formula is C18H25NO5. The Labute approximate surface area is 142 Å². The van der Waals surface area contributed by atoms with Crippen molar-refractivity contribution < 1.29 is 24.2 Å². The van der Waals surface area contributed by atoms with Crippen molar-refractivity contribution in [3.63, 3.8) is 0 Å². The summed E-state index contributed by atoms with van der Waals surface area (Å²) in [5, 5.41) is 12.0. The molecule has 1 fully saturated rings. The highest BCUT2D eigenvalue weighted by Crippen LogP contribution is 2.38. The van der Waals surface area contributed by atoms with Gasteiger partial charge in [0.15, 0.2) is 11.5 Å². The standard InChI is InChI=1S/C18H25NO5/c1-4-11-5-7-12(8-6-11)17(20)19-14-9-13(18(21)22)10-15(23-2)16(14)24-3/h9-12H,4-8H2,1-3H3,(H,19,20)(H,21,22). The second-order valence-electron chi connectivity index (χ2n) is 6.18. The molecular weight excluding hydrogens is 310 g/mol. The number of methoxy groups -OCH3 is 2. The molecule has 1 aliphatic carbocycles. The fourth-order valence-corrected chi connectivity index (χ4v) is 3.25. The van der Waals surface area contributed by atoms with Gasteiger partial charge in [0.25, 0.3) is 0 Å². The number of amides is 1. The molecule has 1 aromatic rings. The number of hydrogen-bond acceptors (Lipinski definition) is 4. The Kier molecular flexibility index (Phi) is 6.06. The van der Waals surface area contributed by atoms with E-state index >= 15 is 0 Å². The van der Waals surface area contributed by atoms with E-state index in [0.717, 1.165) is 32.1 Å². The first-order valence-electron chi connectivity index (χ1n) is 8.30. The van der Waals surface area contributed by atoms with Crippen LogP contribution in [0, 0.1) is 11.8 Å². The van der Waals surface area contributed by atoms with E-state index in [0.29, 0.717) is 17.4 Å². The van der Waals surface area contributed by atoms with Crippen LogP contribution >= 0.6 is 0 Å². The molecule has 24 heavy (non-hydrogen) atoms. The van der Waals surface area contributed by atoms with Crippen molar-refractivity contribution in [1.82, 2.24) is 0 Å². The second-order valence-corrected chi connectivity index (χ2v) is 6.18. The minimum absolute atomic E-state index is 0.0395. The monoisotopic (exact) mass is 335 g/mol. The smallest absolute Gasteiger partial charge is 0.335 e. The summed E-state index contributed by atoms with van der Waals surface area (Å²) >= 11 is 0. The fourth-order valence-electron chi connectivity index (χ4n) is 3.25. The quantitative estimate of drug-likeness (QED) is 0.830. The van der Waals surface area contributed by atoms with Crippen LogP contribution in [0.25, 0.3) is 0 Å². The number of aromatic carboxylic acids is 1. The Hall–Kier alpha value is -2.24. The Morgan fingerprint density at radius 2 is 1.83 bits per heavy atom. The average molecular weight is 335 g/mol. The molecule has 0 aliphatic heterocycles. The van der Waals surface area contributed by atoms with Gasteiger partial charge in [-0.1, -0.05) is 13.3 Å². The highest BCUT2D eigenvalue weighted by Gasteiger charge is 2.27. The van der Waals surface area contributed by atoms with Crippen molar-refractivity contribution in [2.45, 2.75) is 39.0 Å². The molecule has 132 valence electrons. The van der Waals surface area contributed by atoms with E-state index < -0.39 is 5.97 Å². The van der Waals surface area contributed by atoms with Crippen molar-refractivity contribution >= 4 is 17.6 Å². The number of carbonyl (C=O) groups excluding carboxylic acids is 1. The number of benzene rings is 1. The zero-order valence-electron chi connectivity index (χ0n) is 14.4. The summed E-state index contributed by atoms with van der Waals surface area (Å²) in [4.78, 5) is 23.8. The van der Waals surface area contributed by atoms with Crippen molar-refractivity contribution in [3.05, 3.63) is 17.7 Å². The molecule has 0 saturated heterocycles. The van der Waals surface area contributed by atoms with Crippen LogP contribution in [-0.2, 0) is 4.79 Å². The Bertz CT molecular complexity index is 606. The van der Waals surface area contributed by atoms with E-state index in [9.17, 15) is 14.7 Å². The molecule has 2 rings (SSSR count). The van der Waals surface area contributed by atoms with Gasteiger partial charge in [0.05, 0.1) is 25.5 Å². The third kappa shape index (κ3) is 3.99. The minimum Gasteiger partial charge on any atom is -0.493 e. The van der Waals surface area contributed by atoms with Crippen molar-refractivity contribution in [1.29, 1.82) is 0 Å². The van der Waals surface area contributed by atoms with Crippen LogP contribution in [0.5, 0.6) is 11.5 Å². The van der Waals surface area contributed by atoms with Gasteiger partial charge in [0.2, 0.25) is 5.91 Å². The van der Waals surface area contributed by atoms with Crippen LogP contribution in [0.3, 0.4) is 0 Å². The highest BCUT2D eigenvalue weighted by molar-refractivity contribution is 5.97. The Morgan fingerprint density at radius 3 is 2.33 bits per heavy atom. The van der Waals surface area contributed by atoms with Gasteiger partial charge < -0.3 is 19.9 Å². The van der Waals surface area contributed by atoms with Crippen molar-refractivity contribution in [3.8, 4) is 11.5 Å². The number of carboxylic acids is 1. The van der Waals surface area contributed by atoms with Crippen LogP contribution in [0.2, 0.25) is 0 Å². The zero-order chi connectivity index (χ0) is 17.7. The van der Waals surface area contributed by atoms with E-state index in [2.05, 4.69) is 12.2 Å². The van der Waals surface area contributed by atoms with Crippen LogP contribution in [0.1, 0.15) is 49.4 Å². The highest BCUT2D eigenvalue weighted by atomic mass is 16.5. The van der Waals surface area contributed by atoms with Crippen LogP contribution in [-0.4, -0.2) is 31.2 Å². The number of carbonyl (C=O) groups is 2. The summed E-state index contributed by atoms with van der Waals surface area (Å²) < 4.78 is 10.5. The third-order valence-electron chi connectivity index (χ3n) is 4.78. The maximum atomic E-state index is 12.6. The fraction of sp³-hybridized carbons (Fsp3) is 0.556. The first kappa shape index (κ1) is 18.1. The molecule has 6 nitrogen and oxygen atoms in total. The molecule has 0 radical (unpaired) electrons. The van der Waals surface area contributed by atoms with Gasteiger partial charge in [-0.2, -0.15) is 0 Å². The lowest BCUT2D eigenvalue weighted by atomic mass is 9.80. The Balaban J connectivity index is 2.20. The molecule has 0 aromatic heterocycles. The molecule has 1 aromatic carbocycles. The summed E-state index contributed by atoms with van der Waals surface area (Å²) in [6, 6.07) is 2.78. The lowest BCUT2D eigenvalue weighted by molar-refractivity contribution is -0.121. The minimum atomic E-state index is -1.09. The first-order chi connectivity index (χ1) is 11.5. The van der Waals surface area contributed by atoms with Crippen LogP contribution in [0.15, 0.2) is 12.1 Å². The summed E-state index contributed by atoms with van der Waals surface area (Å²) in [6.45, 7) is 2.18. The van der Waals surface area contributed by atoms with Gasteiger partial charge in [-0.05, 0) is 43.7 Å². The maximum absolute atomic E-state index is 12.6. The molecule has 6 heteroatoms. The topological polar surface area (TPSA) is 84.9 Å². The third-order valence-corrected chi connectivity index (χ3v) is 4.78. The first-order valence-corrected chi connectivity index (χ1v) is 8.30. The SMILES string of the molecule is CCC1CCC(C(=O)Nc2cc(C(=O)O)cc(OC)c2OC)CC1. The van der Waals surface area contributed by atoms with E-state index in [1.165, 1.54) is 26.4 Å². The predicted octanol–water partition coefficient (Wildman–Crippen LogP) is 3.56. The molecule has 0 heterocycles. The lowest BCUT2D eigenvalue weighted by Crippen LogP contribution is -2.27. The van der Waals surface area contributed by atoms with Gasteiger partial charge >= 0.3 is 5.97 Å². The number of hydrogen-bond donors (Lipinski definition) is 2. The van der Waals surface area contributed by atoms with E-state index in [-0.39, 0.29) is 23.1 Å². The summed E-state index contributed by atoms with van der Waals surface area (Å²) in [5.41, 5.74) is 0.370. The number of carboxylic acid groups (broad SMARTS) is 1. The molecule has 0 spiro atoms.